The van der Waals surface area contributed by atoms with Crippen molar-refractivity contribution >= 4 is 34.8 Å². The zero-order valence-electron chi connectivity index (χ0n) is 14.3. The maximum atomic E-state index is 12.6. The molecule has 1 saturated heterocycles. The van der Waals surface area contributed by atoms with Crippen LogP contribution in [0.15, 0.2) is 42.5 Å². The maximum absolute atomic E-state index is 12.6. The minimum Gasteiger partial charge on any atom is -0.326 e. The van der Waals surface area contributed by atoms with E-state index >= 15 is 0 Å². The van der Waals surface area contributed by atoms with E-state index in [1.165, 1.54) is 5.56 Å². The molecule has 1 fully saturated rings. The molecule has 3 nitrogen and oxygen atoms in total. The molecular weight excluding hydrogens is 355 g/mol. The number of aryl methyl sites for hydroxylation is 1. The van der Waals surface area contributed by atoms with Crippen molar-refractivity contribution in [1.82, 2.24) is 4.90 Å². The SMILES string of the molecule is Cc1ccc(NC(=O)[C@H]2CCCN(Cc3ccc(Cl)cc3)C2)cc1Cl. The van der Waals surface area contributed by atoms with Crippen molar-refractivity contribution in [3.05, 3.63) is 63.6 Å². The van der Waals surface area contributed by atoms with Gasteiger partial charge in [0.25, 0.3) is 0 Å². The Morgan fingerprint density at radius 2 is 1.96 bits per heavy atom. The second kappa shape index (κ2) is 8.22. The van der Waals surface area contributed by atoms with Gasteiger partial charge in [0.15, 0.2) is 0 Å². The van der Waals surface area contributed by atoms with Crippen LogP contribution in [0.3, 0.4) is 0 Å². The standard InChI is InChI=1S/C20H22Cl2N2O/c1-14-4-9-18(11-19(14)22)23-20(25)16-3-2-10-24(13-16)12-15-5-7-17(21)8-6-15/h4-9,11,16H,2-3,10,12-13H2,1H3,(H,23,25)/t16-/m0/s1. The Balaban J connectivity index is 1.59. The van der Waals surface area contributed by atoms with E-state index < -0.39 is 0 Å². The van der Waals surface area contributed by atoms with E-state index in [4.69, 9.17) is 23.2 Å². The van der Waals surface area contributed by atoms with Gasteiger partial charge in [0.2, 0.25) is 5.91 Å². The fourth-order valence-electron chi connectivity index (χ4n) is 3.18. The second-order valence-electron chi connectivity index (χ2n) is 6.65. The number of piperidine rings is 1. The fraction of sp³-hybridized carbons (Fsp3) is 0.350. The molecule has 1 heterocycles. The summed E-state index contributed by atoms with van der Waals surface area (Å²) in [6.45, 7) is 4.58. The Labute approximate surface area is 158 Å². The first-order chi connectivity index (χ1) is 12.0. The van der Waals surface area contributed by atoms with Gasteiger partial charge in [-0.25, -0.2) is 0 Å². The van der Waals surface area contributed by atoms with E-state index in [9.17, 15) is 4.79 Å². The largest absolute Gasteiger partial charge is 0.326 e. The lowest BCUT2D eigenvalue weighted by Gasteiger charge is -2.32. The van der Waals surface area contributed by atoms with Gasteiger partial charge >= 0.3 is 0 Å². The highest BCUT2D eigenvalue weighted by Gasteiger charge is 2.26. The van der Waals surface area contributed by atoms with E-state index in [1.54, 1.807) is 0 Å². The summed E-state index contributed by atoms with van der Waals surface area (Å²) in [5.41, 5.74) is 2.98. The van der Waals surface area contributed by atoms with Crippen LogP contribution in [0.25, 0.3) is 0 Å². The van der Waals surface area contributed by atoms with E-state index in [0.717, 1.165) is 48.7 Å². The highest BCUT2D eigenvalue weighted by Crippen LogP contribution is 2.23. The predicted molar refractivity (Wildman–Crippen MR) is 104 cm³/mol. The summed E-state index contributed by atoms with van der Waals surface area (Å²) in [5.74, 6) is 0.0712. The van der Waals surface area contributed by atoms with Crippen molar-refractivity contribution in [3.63, 3.8) is 0 Å². The molecule has 1 aliphatic heterocycles. The monoisotopic (exact) mass is 376 g/mol. The van der Waals surface area contributed by atoms with Gasteiger partial charge in [-0.05, 0) is 61.7 Å². The van der Waals surface area contributed by atoms with Crippen molar-refractivity contribution in [2.75, 3.05) is 18.4 Å². The normalized spacial score (nSPS) is 18.1. The van der Waals surface area contributed by atoms with Crippen molar-refractivity contribution in [2.24, 2.45) is 5.92 Å². The molecule has 1 amide bonds. The van der Waals surface area contributed by atoms with E-state index in [-0.39, 0.29) is 11.8 Å². The molecule has 3 rings (SSSR count). The van der Waals surface area contributed by atoms with E-state index in [2.05, 4.69) is 10.2 Å². The molecule has 0 spiro atoms. The summed E-state index contributed by atoms with van der Waals surface area (Å²) in [6.07, 6.45) is 1.95. The highest BCUT2D eigenvalue weighted by atomic mass is 35.5. The van der Waals surface area contributed by atoms with Crippen LogP contribution in [-0.2, 0) is 11.3 Å². The van der Waals surface area contributed by atoms with Crippen LogP contribution in [0.4, 0.5) is 5.69 Å². The van der Waals surface area contributed by atoms with E-state index in [1.807, 2.05) is 49.4 Å². The first-order valence-electron chi connectivity index (χ1n) is 8.55. The number of amides is 1. The third kappa shape index (κ3) is 4.97. The third-order valence-corrected chi connectivity index (χ3v) is 5.29. The molecule has 132 valence electrons. The maximum Gasteiger partial charge on any atom is 0.228 e. The molecule has 2 aromatic carbocycles. The number of rotatable bonds is 4. The number of benzene rings is 2. The average Bonchev–Trinajstić information content (AvgIpc) is 2.60. The predicted octanol–water partition coefficient (Wildman–Crippen LogP) is 5.15. The summed E-state index contributed by atoms with van der Waals surface area (Å²) in [4.78, 5) is 14.9. The number of likely N-dealkylation sites (tertiary alicyclic amines) is 1. The van der Waals surface area contributed by atoms with Gasteiger partial charge in [-0.15, -0.1) is 0 Å². The minimum absolute atomic E-state index is 0.00105. The Morgan fingerprint density at radius 1 is 1.20 bits per heavy atom. The lowest BCUT2D eigenvalue weighted by Crippen LogP contribution is -2.40. The number of hydrogen-bond acceptors (Lipinski definition) is 2. The number of halogens is 2. The molecule has 5 heteroatoms. The van der Waals surface area contributed by atoms with Crippen molar-refractivity contribution in [2.45, 2.75) is 26.3 Å². The molecule has 1 N–H and O–H groups in total. The van der Waals surface area contributed by atoms with Crippen LogP contribution < -0.4 is 5.32 Å². The average molecular weight is 377 g/mol. The fourth-order valence-corrected chi connectivity index (χ4v) is 3.48. The molecule has 1 aliphatic rings. The Hall–Kier alpha value is -1.55. The van der Waals surface area contributed by atoms with Gasteiger partial charge in [-0.2, -0.15) is 0 Å². The minimum atomic E-state index is 0.00105. The van der Waals surface area contributed by atoms with Crippen LogP contribution >= 0.6 is 23.2 Å². The topological polar surface area (TPSA) is 32.3 Å². The summed E-state index contributed by atoms with van der Waals surface area (Å²) < 4.78 is 0. The number of nitrogens with zero attached hydrogens (tertiary/aromatic N) is 1. The van der Waals surface area contributed by atoms with Crippen molar-refractivity contribution in [1.29, 1.82) is 0 Å². The molecule has 1 atom stereocenters. The molecule has 0 unspecified atom stereocenters. The Bertz CT molecular complexity index is 746. The zero-order chi connectivity index (χ0) is 17.8. The molecular formula is C20H22Cl2N2O. The van der Waals surface area contributed by atoms with Gasteiger partial charge in [0.1, 0.15) is 0 Å². The smallest absolute Gasteiger partial charge is 0.228 e. The number of nitrogens with one attached hydrogen (secondary N) is 1. The molecule has 25 heavy (non-hydrogen) atoms. The Kier molecular flexibility index (Phi) is 6.00. The van der Waals surface area contributed by atoms with Crippen molar-refractivity contribution in [3.8, 4) is 0 Å². The molecule has 0 aliphatic carbocycles. The summed E-state index contributed by atoms with van der Waals surface area (Å²) in [7, 11) is 0. The van der Waals surface area contributed by atoms with Gasteiger partial charge in [-0.1, -0.05) is 41.4 Å². The van der Waals surface area contributed by atoms with Gasteiger partial charge in [0.05, 0.1) is 5.92 Å². The summed E-state index contributed by atoms with van der Waals surface area (Å²) in [6, 6.07) is 13.5. The van der Waals surface area contributed by atoms with Crippen LogP contribution in [-0.4, -0.2) is 23.9 Å². The Morgan fingerprint density at radius 3 is 2.68 bits per heavy atom. The van der Waals surface area contributed by atoms with Crippen LogP contribution in [0.2, 0.25) is 10.0 Å². The quantitative estimate of drug-likeness (QED) is 0.799. The lowest BCUT2D eigenvalue weighted by atomic mass is 9.96. The van der Waals surface area contributed by atoms with Crippen LogP contribution in [0, 0.1) is 12.8 Å². The van der Waals surface area contributed by atoms with Gasteiger partial charge in [-0.3, -0.25) is 9.69 Å². The lowest BCUT2D eigenvalue weighted by molar-refractivity contribution is -0.121. The molecule has 0 saturated carbocycles. The van der Waals surface area contributed by atoms with Crippen LogP contribution in [0.5, 0.6) is 0 Å². The number of carbonyl (C=O) groups excluding carboxylic acids is 1. The van der Waals surface area contributed by atoms with E-state index in [0.29, 0.717) is 5.02 Å². The molecule has 0 aromatic heterocycles. The molecule has 2 aromatic rings. The molecule has 0 radical (unpaired) electrons. The number of carbonyl (C=O) groups is 1. The first kappa shape index (κ1) is 18.2. The first-order valence-corrected chi connectivity index (χ1v) is 9.30. The third-order valence-electron chi connectivity index (χ3n) is 4.64. The van der Waals surface area contributed by atoms with Crippen molar-refractivity contribution < 1.29 is 4.79 Å². The van der Waals surface area contributed by atoms with Gasteiger partial charge in [0, 0.05) is 28.8 Å². The van der Waals surface area contributed by atoms with Crippen LogP contribution in [0.1, 0.15) is 24.0 Å². The van der Waals surface area contributed by atoms with Gasteiger partial charge < -0.3 is 5.32 Å². The molecule has 0 bridgehead atoms. The highest BCUT2D eigenvalue weighted by molar-refractivity contribution is 6.31. The summed E-state index contributed by atoms with van der Waals surface area (Å²) >= 11 is 12.1. The second-order valence-corrected chi connectivity index (χ2v) is 7.50. The number of anilines is 1. The number of hydrogen-bond donors (Lipinski definition) is 1. The zero-order valence-corrected chi connectivity index (χ0v) is 15.8. The summed E-state index contributed by atoms with van der Waals surface area (Å²) in [5, 5.41) is 4.42.